The number of nitrogens with zero attached hydrogens (tertiary/aromatic N) is 2. The largest absolute Gasteiger partial charge is 0.497 e. The fourth-order valence-corrected chi connectivity index (χ4v) is 6.81. The highest BCUT2D eigenvalue weighted by Crippen LogP contribution is 2.39. The number of carbonyl (C=O) groups excluding carboxylic acids is 2. The van der Waals surface area contributed by atoms with Crippen molar-refractivity contribution in [3.05, 3.63) is 51.0 Å². The van der Waals surface area contributed by atoms with Crippen molar-refractivity contribution in [2.45, 2.75) is 50.0 Å². The molecule has 0 aliphatic carbocycles. The first-order valence-corrected chi connectivity index (χ1v) is 14.4. The van der Waals surface area contributed by atoms with Crippen LogP contribution in [0.4, 0.5) is 0 Å². The number of halogens is 2. The second-order valence-corrected chi connectivity index (χ2v) is 12.2. The predicted molar refractivity (Wildman–Crippen MR) is 143 cm³/mol. The summed E-state index contributed by atoms with van der Waals surface area (Å²) >= 11 is 12.7. The molecular formula is C26H30Cl2N2O7S. The van der Waals surface area contributed by atoms with Crippen LogP contribution in [0.1, 0.15) is 65.3 Å². The maximum Gasteiger partial charge on any atom is 0.343 e. The molecule has 2 heterocycles. The standard InChI is InChI=1S/C26H30Cl2N2O7S/c1-15(2)18-12-17(35-4)13-21-22(18)25(31)30(38(21,33)34)14-37-26(32)23-19(27)7-8-20(24(23)28)36-11-9-16-6-5-10-29(16)3/h7-8,12-13,15-16H,5-6,9-11,14H2,1-4H3. The zero-order chi connectivity index (χ0) is 27.8. The number of fused-ring (bicyclic) bond motifs is 1. The normalized spacial score (nSPS) is 18.7. The summed E-state index contributed by atoms with van der Waals surface area (Å²) in [6.07, 6.45) is 3.04. The number of hydrogen-bond donors (Lipinski definition) is 0. The van der Waals surface area contributed by atoms with E-state index in [-0.39, 0.29) is 37.7 Å². The van der Waals surface area contributed by atoms with Crippen molar-refractivity contribution in [2.24, 2.45) is 0 Å². The number of ether oxygens (including phenoxy) is 3. The minimum absolute atomic E-state index is 0.00796. The molecule has 2 aromatic carbocycles. The molecule has 0 N–H and O–H groups in total. The van der Waals surface area contributed by atoms with E-state index in [0.717, 1.165) is 25.8 Å². The van der Waals surface area contributed by atoms with Gasteiger partial charge < -0.3 is 19.1 Å². The number of benzene rings is 2. The van der Waals surface area contributed by atoms with Gasteiger partial charge >= 0.3 is 5.97 Å². The number of likely N-dealkylation sites (tertiary alicyclic amines) is 1. The maximum atomic E-state index is 13.2. The third kappa shape index (κ3) is 5.32. The first-order chi connectivity index (χ1) is 18.0. The minimum Gasteiger partial charge on any atom is -0.497 e. The Balaban J connectivity index is 1.50. The summed E-state index contributed by atoms with van der Waals surface area (Å²) in [5, 5.41) is -0.0402. The van der Waals surface area contributed by atoms with Crippen LogP contribution in [0, 0.1) is 0 Å². The van der Waals surface area contributed by atoms with Gasteiger partial charge in [-0.15, -0.1) is 0 Å². The number of sulfonamides is 1. The molecule has 2 aliphatic heterocycles. The summed E-state index contributed by atoms with van der Waals surface area (Å²) < 4.78 is 43.2. The van der Waals surface area contributed by atoms with Crippen molar-refractivity contribution >= 4 is 45.1 Å². The van der Waals surface area contributed by atoms with Crippen molar-refractivity contribution in [1.82, 2.24) is 9.21 Å². The van der Waals surface area contributed by atoms with Gasteiger partial charge in [-0.1, -0.05) is 37.0 Å². The lowest BCUT2D eigenvalue weighted by atomic mass is 9.96. The third-order valence-corrected chi connectivity index (χ3v) is 9.34. The molecule has 2 aromatic rings. The van der Waals surface area contributed by atoms with E-state index in [1.807, 2.05) is 13.8 Å². The summed E-state index contributed by atoms with van der Waals surface area (Å²) in [5.41, 5.74) is 0.382. The molecule has 206 valence electrons. The lowest BCUT2D eigenvalue weighted by molar-refractivity contribution is 0.0357. The molecular weight excluding hydrogens is 555 g/mol. The number of amides is 1. The van der Waals surface area contributed by atoms with Crippen LogP contribution in [-0.2, 0) is 14.8 Å². The molecule has 12 heteroatoms. The van der Waals surface area contributed by atoms with E-state index >= 15 is 0 Å². The van der Waals surface area contributed by atoms with Crippen LogP contribution in [0.3, 0.4) is 0 Å². The fraction of sp³-hybridized carbons (Fsp3) is 0.462. The monoisotopic (exact) mass is 584 g/mol. The topological polar surface area (TPSA) is 102 Å². The first kappa shape index (κ1) is 28.5. The highest BCUT2D eigenvalue weighted by Gasteiger charge is 2.44. The van der Waals surface area contributed by atoms with Gasteiger partial charge in [0.2, 0.25) is 0 Å². The number of rotatable bonds is 9. The number of hydrogen-bond acceptors (Lipinski definition) is 8. The smallest absolute Gasteiger partial charge is 0.343 e. The minimum atomic E-state index is -4.28. The summed E-state index contributed by atoms with van der Waals surface area (Å²) in [5.74, 6) is -1.37. The van der Waals surface area contributed by atoms with E-state index < -0.39 is 28.6 Å². The van der Waals surface area contributed by atoms with Gasteiger partial charge in [-0.05, 0) is 62.5 Å². The number of esters is 1. The van der Waals surface area contributed by atoms with Crippen LogP contribution in [-0.4, -0.2) is 69.6 Å². The zero-order valence-electron chi connectivity index (χ0n) is 21.6. The van der Waals surface area contributed by atoms with Crippen molar-refractivity contribution in [1.29, 1.82) is 0 Å². The summed E-state index contributed by atoms with van der Waals surface area (Å²) in [6.45, 7) is 4.27. The second-order valence-electron chi connectivity index (χ2n) is 9.61. The quantitative estimate of drug-likeness (QED) is 0.381. The molecule has 0 radical (unpaired) electrons. The SMILES string of the molecule is COc1cc(C(C)C)c2c(c1)S(=O)(=O)N(COC(=O)c1c(Cl)ccc(OCCC3CCCN3C)c1Cl)C2=O. The number of methoxy groups -OCH3 is 1. The molecule has 0 spiro atoms. The summed E-state index contributed by atoms with van der Waals surface area (Å²) in [7, 11) is -0.799. The van der Waals surface area contributed by atoms with Crippen molar-refractivity contribution in [3.8, 4) is 11.5 Å². The van der Waals surface area contributed by atoms with Gasteiger partial charge in [0.15, 0.2) is 6.73 Å². The van der Waals surface area contributed by atoms with Crippen LogP contribution >= 0.6 is 23.2 Å². The highest BCUT2D eigenvalue weighted by molar-refractivity contribution is 7.90. The lowest BCUT2D eigenvalue weighted by Crippen LogP contribution is -2.33. The third-order valence-electron chi connectivity index (χ3n) is 6.93. The Kier molecular flexibility index (Phi) is 8.46. The Hall–Kier alpha value is -2.53. The van der Waals surface area contributed by atoms with Crippen molar-refractivity contribution < 1.29 is 32.2 Å². The molecule has 1 fully saturated rings. The van der Waals surface area contributed by atoms with Crippen LogP contribution < -0.4 is 9.47 Å². The maximum absolute atomic E-state index is 13.2. The lowest BCUT2D eigenvalue weighted by Gasteiger charge is -2.20. The van der Waals surface area contributed by atoms with E-state index in [9.17, 15) is 18.0 Å². The van der Waals surface area contributed by atoms with Gasteiger partial charge in [0.1, 0.15) is 22.0 Å². The zero-order valence-corrected chi connectivity index (χ0v) is 24.0. The average Bonchev–Trinajstić information content (AvgIpc) is 3.36. The summed E-state index contributed by atoms with van der Waals surface area (Å²) in [6, 6.07) is 6.35. The molecule has 1 unspecified atom stereocenters. The molecule has 9 nitrogen and oxygen atoms in total. The van der Waals surface area contributed by atoms with Crippen molar-refractivity contribution in [2.75, 3.05) is 34.0 Å². The molecule has 0 saturated carbocycles. The van der Waals surface area contributed by atoms with Gasteiger partial charge in [-0.2, -0.15) is 4.31 Å². The highest BCUT2D eigenvalue weighted by atomic mass is 35.5. The van der Waals surface area contributed by atoms with E-state index in [2.05, 4.69) is 11.9 Å². The number of carbonyl (C=O) groups is 2. The molecule has 1 amide bonds. The molecule has 0 aromatic heterocycles. The Morgan fingerprint density at radius 2 is 1.95 bits per heavy atom. The Morgan fingerprint density at radius 1 is 1.21 bits per heavy atom. The predicted octanol–water partition coefficient (Wildman–Crippen LogP) is 4.95. The van der Waals surface area contributed by atoms with Crippen molar-refractivity contribution in [3.63, 3.8) is 0 Å². The first-order valence-electron chi connectivity index (χ1n) is 12.2. The summed E-state index contributed by atoms with van der Waals surface area (Å²) in [4.78, 5) is 28.2. The van der Waals surface area contributed by atoms with E-state index in [4.69, 9.17) is 37.4 Å². The molecule has 38 heavy (non-hydrogen) atoms. The van der Waals surface area contributed by atoms with Gasteiger partial charge in [0.05, 0.1) is 29.3 Å². The fourth-order valence-electron chi connectivity index (χ4n) is 4.77. The van der Waals surface area contributed by atoms with E-state index in [1.54, 1.807) is 12.1 Å². The van der Waals surface area contributed by atoms with Crippen LogP contribution in [0.5, 0.6) is 11.5 Å². The van der Waals surface area contributed by atoms with E-state index in [1.165, 1.54) is 19.2 Å². The van der Waals surface area contributed by atoms with Gasteiger partial charge in [0, 0.05) is 12.1 Å². The molecule has 1 atom stereocenters. The van der Waals surface area contributed by atoms with Crippen LogP contribution in [0.15, 0.2) is 29.2 Å². The molecule has 0 bridgehead atoms. The molecule has 1 saturated heterocycles. The van der Waals surface area contributed by atoms with Gasteiger partial charge in [-0.25, -0.2) is 13.2 Å². The van der Waals surface area contributed by atoms with Gasteiger partial charge in [-0.3, -0.25) is 4.79 Å². The Bertz CT molecular complexity index is 1360. The Labute approximate surface area is 232 Å². The molecule has 4 rings (SSSR count). The Morgan fingerprint density at radius 3 is 2.58 bits per heavy atom. The average molecular weight is 586 g/mol. The van der Waals surface area contributed by atoms with Crippen LogP contribution in [0.2, 0.25) is 10.0 Å². The van der Waals surface area contributed by atoms with E-state index in [0.29, 0.717) is 28.3 Å². The molecule has 2 aliphatic rings. The van der Waals surface area contributed by atoms with Gasteiger partial charge in [0.25, 0.3) is 15.9 Å². The van der Waals surface area contributed by atoms with Crippen LogP contribution in [0.25, 0.3) is 0 Å². The second kappa shape index (κ2) is 11.3.